The van der Waals surface area contributed by atoms with Crippen molar-refractivity contribution in [3.63, 3.8) is 0 Å². The van der Waals surface area contributed by atoms with Crippen LogP contribution in [0.1, 0.15) is 36.8 Å². The number of amides is 1. The number of halogens is 1. The van der Waals surface area contributed by atoms with E-state index < -0.39 is 0 Å². The number of nitrogens with one attached hydrogen (secondary N) is 2. The van der Waals surface area contributed by atoms with Gasteiger partial charge in [-0.2, -0.15) is 0 Å². The van der Waals surface area contributed by atoms with E-state index in [2.05, 4.69) is 39.8 Å². The van der Waals surface area contributed by atoms with E-state index in [1.54, 1.807) is 19.0 Å². The molecule has 7 nitrogen and oxygen atoms in total. The predicted octanol–water partition coefficient (Wildman–Crippen LogP) is 2.45. The minimum Gasteiger partial charge on any atom is -0.379 e. The first kappa shape index (κ1) is 25.2. The van der Waals surface area contributed by atoms with Crippen molar-refractivity contribution in [1.29, 1.82) is 0 Å². The Balaban J connectivity index is 0.00000289. The Labute approximate surface area is 209 Å². The number of morpholine rings is 1. The lowest BCUT2D eigenvalue weighted by atomic mass is 9.95. The molecule has 3 atom stereocenters. The number of nitrogens with zero attached hydrogens (tertiary/aromatic N) is 3. The molecule has 178 valence electrons. The molecule has 0 aromatic heterocycles. The van der Waals surface area contributed by atoms with Crippen LogP contribution in [0.3, 0.4) is 0 Å². The van der Waals surface area contributed by atoms with Crippen LogP contribution in [0.25, 0.3) is 0 Å². The third-order valence-corrected chi connectivity index (χ3v) is 6.99. The third-order valence-electron chi connectivity index (χ3n) is 6.99. The van der Waals surface area contributed by atoms with Crippen LogP contribution in [0, 0.1) is 11.8 Å². The SMILES string of the molecule is CN(C)C(=O)CNC(=NCc1ccccc1CN1CCOCC1)NC1CC2CCC1C2.I. The smallest absolute Gasteiger partial charge is 0.241 e. The van der Waals surface area contributed by atoms with E-state index in [1.165, 1.54) is 36.8 Å². The molecule has 1 saturated heterocycles. The van der Waals surface area contributed by atoms with Crippen molar-refractivity contribution in [2.45, 2.75) is 44.8 Å². The molecule has 1 aromatic rings. The summed E-state index contributed by atoms with van der Waals surface area (Å²) in [5, 5.41) is 6.93. The van der Waals surface area contributed by atoms with Gasteiger partial charge in [-0.25, -0.2) is 4.99 Å². The van der Waals surface area contributed by atoms with Gasteiger partial charge in [-0.15, -0.1) is 24.0 Å². The minimum absolute atomic E-state index is 0. The van der Waals surface area contributed by atoms with Crippen molar-refractivity contribution < 1.29 is 9.53 Å². The van der Waals surface area contributed by atoms with Crippen molar-refractivity contribution in [3.05, 3.63) is 35.4 Å². The maximum atomic E-state index is 12.1. The predicted molar refractivity (Wildman–Crippen MR) is 138 cm³/mol. The number of hydrogen-bond donors (Lipinski definition) is 2. The number of ether oxygens (including phenoxy) is 1. The van der Waals surface area contributed by atoms with Gasteiger partial charge in [0.25, 0.3) is 0 Å². The lowest BCUT2D eigenvalue weighted by Gasteiger charge is -2.27. The van der Waals surface area contributed by atoms with Crippen LogP contribution < -0.4 is 10.6 Å². The maximum absolute atomic E-state index is 12.1. The summed E-state index contributed by atoms with van der Waals surface area (Å²) in [7, 11) is 3.57. The number of likely N-dealkylation sites (N-methyl/N-ethyl adjacent to an activating group) is 1. The van der Waals surface area contributed by atoms with Crippen LogP contribution in [0.5, 0.6) is 0 Å². The molecular weight excluding hydrogens is 517 g/mol. The summed E-state index contributed by atoms with van der Waals surface area (Å²) in [6.07, 6.45) is 5.25. The molecule has 1 aliphatic heterocycles. The monoisotopic (exact) mass is 555 g/mol. The van der Waals surface area contributed by atoms with E-state index in [0.29, 0.717) is 12.6 Å². The van der Waals surface area contributed by atoms with Crippen molar-refractivity contribution >= 4 is 35.8 Å². The zero-order valence-corrected chi connectivity index (χ0v) is 21.7. The average Bonchev–Trinajstić information content (AvgIpc) is 3.40. The van der Waals surface area contributed by atoms with Gasteiger partial charge in [-0.1, -0.05) is 30.7 Å². The highest BCUT2D eigenvalue weighted by Gasteiger charge is 2.39. The first-order valence-electron chi connectivity index (χ1n) is 11.7. The van der Waals surface area contributed by atoms with Crippen molar-refractivity contribution in [3.8, 4) is 0 Å². The van der Waals surface area contributed by atoms with Crippen LogP contribution in [0.4, 0.5) is 0 Å². The molecule has 2 aliphatic carbocycles. The van der Waals surface area contributed by atoms with Gasteiger partial charge in [-0.3, -0.25) is 9.69 Å². The van der Waals surface area contributed by atoms with Gasteiger partial charge in [0.2, 0.25) is 5.91 Å². The lowest BCUT2D eigenvalue weighted by molar-refractivity contribution is -0.127. The Morgan fingerprint density at radius 2 is 1.91 bits per heavy atom. The van der Waals surface area contributed by atoms with E-state index >= 15 is 0 Å². The number of benzene rings is 1. The second-order valence-electron chi connectivity index (χ2n) is 9.39. The van der Waals surface area contributed by atoms with E-state index in [0.717, 1.165) is 50.6 Å². The lowest BCUT2D eigenvalue weighted by Crippen LogP contribution is -2.48. The Hall–Kier alpha value is -1.39. The second-order valence-corrected chi connectivity index (χ2v) is 9.39. The summed E-state index contributed by atoms with van der Waals surface area (Å²) >= 11 is 0. The average molecular weight is 556 g/mol. The van der Waals surface area contributed by atoms with Gasteiger partial charge in [-0.05, 0) is 42.2 Å². The first-order valence-corrected chi connectivity index (χ1v) is 11.7. The first-order chi connectivity index (χ1) is 15.1. The van der Waals surface area contributed by atoms with Gasteiger partial charge in [0, 0.05) is 39.8 Å². The minimum atomic E-state index is 0. The Morgan fingerprint density at radius 1 is 1.16 bits per heavy atom. The molecule has 32 heavy (non-hydrogen) atoms. The zero-order valence-electron chi connectivity index (χ0n) is 19.4. The molecule has 2 bridgehead atoms. The highest BCUT2D eigenvalue weighted by atomic mass is 127. The molecule has 2 N–H and O–H groups in total. The second kappa shape index (κ2) is 12.2. The molecule has 1 amide bonds. The molecule has 3 unspecified atom stereocenters. The van der Waals surface area contributed by atoms with Crippen molar-refractivity contribution in [2.24, 2.45) is 16.8 Å². The van der Waals surface area contributed by atoms with Gasteiger partial charge < -0.3 is 20.3 Å². The number of rotatable bonds is 7. The number of carbonyl (C=O) groups is 1. The number of carbonyl (C=O) groups excluding carboxylic acids is 1. The Kier molecular flexibility index (Phi) is 9.61. The maximum Gasteiger partial charge on any atom is 0.241 e. The molecule has 4 rings (SSSR count). The summed E-state index contributed by atoms with van der Waals surface area (Å²) < 4.78 is 5.48. The topological polar surface area (TPSA) is 69.2 Å². The molecule has 0 radical (unpaired) electrons. The number of guanidine groups is 1. The normalized spacial score (nSPS) is 25.3. The quantitative estimate of drug-likeness (QED) is 0.308. The molecule has 2 saturated carbocycles. The molecule has 1 aromatic carbocycles. The van der Waals surface area contributed by atoms with Crippen LogP contribution in [-0.2, 0) is 22.6 Å². The fraction of sp³-hybridized carbons (Fsp3) is 0.667. The summed E-state index contributed by atoms with van der Waals surface area (Å²) in [6, 6.07) is 9.03. The highest BCUT2D eigenvalue weighted by Crippen LogP contribution is 2.44. The van der Waals surface area contributed by atoms with Gasteiger partial charge in [0.05, 0.1) is 26.3 Å². The Bertz CT molecular complexity index is 781. The van der Waals surface area contributed by atoms with Crippen LogP contribution in [0.15, 0.2) is 29.3 Å². The molecule has 0 spiro atoms. The number of aliphatic imine (C=N–C) groups is 1. The van der Waals surface area contributed by atoms with E-state index in [9.17, 15) is 4.79 Å². The molecule has 8 heteroatoms. The zero-order chi connectivity index (χ0) is 21.6. The molecule has 1 heterocycles. The highest BCUT2D eigenvalue weighted by molar-refractivity contribution is 14.0. The van der Waals surface area contributed by atoms with Gasteiger partial charge in [0.1, 0.15) is 0 Å². The van der Waals surface area contributed by atoms with Gasteiger partial charge in [0.15, 0.2) is 5.96 Å². The molecular formula is C24H38IN5O2. The summed E-state index contributed by atoms with van der Waals surface area (Å²) in [6.45, 7) is 5.35. The van der Waals surface area contributed by atoms with E-state index in [4.69, 9.17) is 9.73 Å². The van der Waals surface area contributed by atoms with Crippen LogP contribution in [0.2, 0.25) is 0 Å². The molecule has 3 fully saturated rings. The fourth-order valence-electron chi connectivity index (χ4n) is 5.10. The number of hydrogen-bond acceptors (Lipinski definition) is 4. The fourth-order valence-corrected chi connectivity index (χ4v) is 5.10. The van der Waals surface area contributed by atoms with Crippen molar-refractivity contribution in [1.82, 2.24) is 20.4 Å². The van der Waals surface area contributed by atoms with Crippen LogP contribution in [-0.4, -0.2) is 74.7 Å². The van der Waals surface area contributed by atoms with Gasteiger partial charge >= 0.3 is 0 Å². The largest absolute Gasteiger partial charge is 0.379 e. The summed E-state index contributed by atoms with van der Waals surface area (Å²) in [5.74, 6) is 2.42. The third kappa shape index (κ3) is 6.81. The number of fused-ring (bicyclic) bond motifs is 2. The van der Waals surface area contributed by atoms with Crippen LogP contribution >= 0.6 is 24.0 Å². The standard InChI is InChI=1S/C24H37N5O2.HI/c1-28(2)23(30)16-26-24(27-22-14-18-7-8-19(22)13-18)25-15-20-5-3-4-6-21(20)17-29-9-11-31-12-10-29;/h3-6,18-19,22H,7-17H2,1-2H3,(H2,25,26,27);1H. The summed E-state index contributed by atoms with van der Waals surface area (Å²) in [5.41, 5.74) is 2.55. The van der Waals surface area contributed by atoms with E-state index in [1.807, 2.05) is 0 Å². The Morgan fingerprint density at radius 3 is 2.56 bits per heavy atom. The summed E-state index contributed by atoms with van der Waals surface area (Å²) in [4.78, 5) is 21.1. The molecule has 3 aliphatic rings. The van der Waals surface area contributed by atoms with E-state index in [-0.39, 0.29) is 36.4 Å². The van der Waals surface area contributed by atoms with Crippen molar-refractivity contribution in [2.75, 3.05) is 46.9 Å².